The topological polar surface area (TPSA) is 33.7 Å². The van der Waals surface area contributed by atoms with Crippen molar-refractivity contribution < 1.29 is 9.57 Å². The highest BCUT2D eigenvalue weighted by atomic mass is 35.5. The molecule has 1 aliphatic heterocycles. The normalized spacial score (nSPS) is 14.8. The molecule has 80 valence electrons. The lowest BCUT2D eigenvalue weighted by Crippen LogP contribution is -2.25. The van der Waals surface area contributed by atoms with Crippen LogP contribution in [0.4, 0.5) is 0 Å². The van der Waals surface area contributed by atoms with Crippen LogP contribution in [0, 0.1) is 0 Å². The van der Waals surface area contributed by atoms with Gasteiger partial charge in [0.25, 0.3) is 0 Å². The molecule has 1 aliphatic rings. The minimum atomic E-state index is 0.333. The quantitative estimate of drug-likeness (QED) is 0.631. The molecular formula is C10H11ClN2O2. The van der Waals surface area contributed by atoms with Crippen LogP contribution in [0.3, 0.4) is 0 Å². The van der Waals surface area contributed by atoms with Crippen molar-refractivity contribution in [2.75, 3.05) is 13.1 Å². The Kier molecular flexibility index (Phi) is 2.99. The third-order valence-corrected chi connectivity index (χ3v) is 2.31. The average Bonchev–Trinajstić information content (AvgIpc) is 2.78. The van der Waals surface area contributed by atoms with E-state index in [1.54, 1.807) is 18.3 Å². The van der Waals surface area contributed by atoms with Crippen molar-refractivity contribution in [3.05, 3.63) is 36.0 Å². The molecule has 15 heavy (non-hydrogen) atoms. The molecule has 0 fully saturated rings. The molecule has 1 heterocycles. The largest absolute Gasteiger partial charge is 0.497 e. The second-order valence-corrected chi connectivity index (χ2v) is 3.24. The number of ether oxygens (including phenoxy) is 1. The van der Waals surface area contributed by atoms with E-state index in [0.717, 1.165) is 17.1 Å². The maximum atomic E-state index is 5.63. The maximum Gasteiger partial charge on any atom is 0.174 e. The van der Waals surface area contributed by atoms with E-state index < -0.39 is 0 Å². The van der Waals surface area contributed by atoms with Crippen LogP contribution in [0.1, 0.15) is 5.56 Å². The average molecular weight is 227 g/mol. The van der Waals surface area contributed by atoms with Crippen molar-refractivity contribution in [1.82, 2.24) is 10.6 Å². The summed E-state index contributed by atoms with van der Waals surface area (Å²) in [5, 5.41) is 1.64. The highest BCUT2D eigenvalue weighted by Gasteiger charge is 2.13. The van der Waals surface area contributed by atoms with Gasteiger partial charge in [0.1, 0.15) is 11.8 Å². The Morgan fingerprint density at radius 3 is 2.67 bits per heavy atom. The minimum Gasteiger partial charge on any atom is -0.497 e. The fraction of sp³-hybridized carbons (Fsp3) is 0.200. The number of nitrogens with zero attached hydrogens (tertiary/aromatic N) is 1. The highest BCUT2D eigenvalue weighted by Crippen LogP contribution is 2.22. The molecule has 5 heteroatoms. The summed E-state index contributed by atoms with van der Waals surface area (Å²) in [6.07, 6.45) is 1.80. The lowest BCUT2D eigenvalue weighted by Gasteiger charge is -2.07. The summed E-state index contributed by atoms with van der Waals surface area (Å²) in [6, 6.07) is 7.93. The Morgan fingerprint density at radius 2 is 2.13 bits per heavy atom. The van der Waals surface area contributed by atoms with Gasteiger partial charge in [-0.2, -0.15) is 0 Å². The Bertz CT molecular complexity index is 364. The predicted octanol–water partition coefficient (Wildman–Crippen LogP) is 1.94. The van der Waals surface area contributed by atoms with Crippen LogP contribution in [-0.2, 0) is 4.84 Å². The van der Waals surface area contributed by atoms with Crippen molar-refractivity contribution in [2.45, 2.75) is 0 Å². The predicted molar refractivity (Wildman–Crippen MR) is 57.8 cm³/mol. The molecule has 1 aromatic rings. The zero-order valence-electron chi connectivity index (χ0n) is 8.24. The number of hydrazine groups is 1. The van der Waals surface area contributed by atoms with E-state index in [1.807, 2.05) is 24.3 Å². The highest BCUT2D eigenvalue weighted by molar-refractivity contribution is 6.17. The van der Waals surface area contributed by atoms with Crippen LogP contribution < -0.4 is 10.3 Å². The number of nitrogens with one attached hydrogen (secondary N) is 1. The first kappa shape index (κ1) is 10.1. The Labute approximate surface area is 93.0 Å². The summed E-state index contributed by atoms with van der Waals surface area (Å²) in [4.78, 5) is 5.23. The van der Waals surface area contributed by atoms with Gasteiger partial charge in [0, 0.05) is 5.56 Å². The molecule has 2 rings (SSSR count). The molecule has 0 saturated carbocycles. The SMILES string of the molecule is COc1ccc(C2=CN(CCl)NO2)cc1. The number of hydrogen-bond acceptors (Lipinski definition) is 4. The van der Waals surface area contributed by atoms with E-state index in [0.29, 0.717) is 6.00 Å². The number of rotatable bonds is 3. The van der Waals surface area contributed by atoms with Gasteiger partial charge < -0.3 is 9.57 Å². The standard InChI is InChI=1S/C10H11ClN2O2/c1-14-9-4-2-8(3-5-9)10-6-13(7-11)12-15-10/h2-6,12H,7H2,1H3. The molecule has 0 radical (unpaired) electrons. The number of alkyl halides is 1. The molecule has 0 saturated heterocycles. The van der Waals surface area contributed by atoms with Crippen LogP contribution in [0.2, 0.25) is 0 Å². The third kappa shape index (κ3) is 2.16. The summed E-state index contributed by atoms with van der Waals surface area (Å²) < 4.78 is 5.07. The van der Waals surface area contributed by atoms with Gasteiger partial charge in [-0.3, -0.25) is 5.01 Å². The van der Waals surface area contributed by atoms with E-state index in [4.69, 9.17) is 21.2 Å². The van der Waals surface area contributed by atoms with Gasteiger partial charge >= 0.3 is 0 Å². The summed E-state index contributed by atoms with van der Waals surface area (Å²) >= 11 is 5.63. The van der Waals surface area contributed by atoms with Gasteiger partial charge in [0.15, 0.2) is 5.76 Å². The fourth-order valence-corrected chi connectivity index (χ4v) is 1.37. The summed E-state index contributed by atoms with van der Waals surface area (Å²) in [6.45, 7) is 0. The van der Waals surface area contributed by atoms with Gasteiger partial charge in [-0.05, 0) is 24.3 Å². The van der Waals surface area contributed by atoms with Crippen LogP contribution in [0.5, 0.6) is 5.75 Å². The molecule has 0 aromatic heterocycles. The first-order chi connectivity index (χ1) is 7.33. The van der Waals surface area contributed by atoms with Crippen molar-refractivity contribution >= 4 is 17.4 Å². The smallest absolute Gasteiger partial charge is 0.174 e. The Balaban J connectivity index is 2.16. The fourth-order valence-electron chi connectivity index (χ4n) is 1.25. The van der Waals surface area contributed by atoms with Gasteiger partial charge in [-0.1, -0.05) is 5.59 Å². The lowest BCUT2D eigenvalue weighted by atomic mass is 10.2. The summed E-state index contributed by atoms with van der Waals surface area (Å²) in [5.41, 5.74) is 3.63. The zero-order valence-corrected chi connectivity index (χ0v) is 8.99. The Morgan fingerprint density at radius 1 is 1.40 bits per heavy atom. The third-order valence-electron chi connectivity index (χ3n) is 2.05. The van der Waals surface area contributed by atoms with Gasteiger partial charge in [-0.15, -0.1) is 11.6 Å². The Hall–Kier alpha value is -1.39. The molecule has 1 aromatic carbocycles. The molecule has 0 bridgehead atoms. The van der Waals surface area contributed by atoms with Crippen molar-refractivity contribution in [3.8, 4) is 5.75 Å². The zero-order chi connectivity index (χ0) is 10.7. The van der Waals surface area contributed by atoms with Crippen LogP contribution in [-0.4, -0.2) is 18.1 Å². The van der Waals surface area contributed by atoms with Gasteiger partial charge in [-0.25, -0.2) is 0 Å². The molecule has 0 amide bonds. The summed E-state index contributed by atoms with van der Waals surface area (Å²) in [7, 11) is 1.64. The maximum absolute atomic E-state index is 5.63. The second-order valence-electron chi connectivity index (χ2n) is 3.00. The number of halogens is 1. The van der Waals surface area contributed by atoms with E-state index in [1.165, 1.54) is 0 Å². The molecule has 0 spiro atoms. The van der Waals surface area contributed by atoms with E-state index in [2.05, 4.69) is 5.59 Å². The number of methoxy groups -OCH3 is 1. The first-order valence-corrected chi connectivity index (χ1v) is 4.98. The van der Waals surface area contributed by atoms with Crippen LogP contribution >= 0.6 is 11.6 Å². The molecule has 0 unspecified atom stereocenters. The minimum absolute atomic E-state index is 0.333. The molecule has 0 atom stereocenters. The lowest BCUT2D eigenvalue weighted by molar-refractivity contribution is 0.0597. The van der Waals surface area contributed by atoms with Crippen LogP contribution in [0.25, 0.3) is 5.76 Å². The second kappa shape index (κ2) is 4.42. The van der Waals surface area contributed by atoms with E-state index in [9.17, 15) is 0 Å². The summed E-state index contributed by atoms with van der Waals surface area (Å²) in [5.74, 6) is 1.55. The van der Waals surface area contributed by atoms with Crippen LogP contribution in [0.15, 0.2) is 30.5 Å². The van der Waals surface area contributed by atoms with Crippen molar-refractivity contribution in [2.24, 2.45) is 0 Å². The molecule has 0 aliphatic carbocycles. The van der Waals surface area contributed by atoms with Crippen molar-refractivity contribution in [3.63, 3.8) is 0 Å². The van der Waals surface area contributed by atoms with Gasteiger partial charge in [0.2, 0.25) is 0 Å². The number of hydrogen-bond donors (Lipinski definition) is 1. The molecule has 1 N–H and O–H groups in total. The molecular weight excluding hydrogens is 216 g/mol. The monoisotopic (exact) mass is 226 g/mol. The van der Waals surface area contributed by atoms with E-state index in [-0.39, 0.29) is 0 Å². The molecule has 4 nitrogen and oxygen atoms in total. The van der Waals surface area contributed by atoms with Gasteiger partial charge in [0.05, 0.1) is 13.3 Å². The van der Waals surface area contributed by atoms with Crippen molar-refractivity contribution in [1.29, 1.82) is 0 Å². The first-order valence-electron chi connectivity index (χ1n) is 4.45. The number of benzene rings is 1. The van der Waals surface area contributed by atoms with E-state index >= 15 is 0 Å².